The van der Waals surface area contributed by atoms with Gasteiger partial charge in [0.25, 0.3) is 5.91 Å². The maximum atomic E-state index is 12.6. The van der Waals surface area contributed by atoms with E-state index in [1.807, 2.05) is 0 Å². The van der Waals surface area contributed by atoms with Gasteiger partial charge >= 0.3 is 29.6 Å². The van der Waals surface area contributed by atoms with Crippen LogP contribution >= 0.6 is 0 Å². The summed E-state index contributed by atoms with van der Waals surface area (Å²) in [6.45, 7) is 1.68. The first-order valence-corrected chi connectivity index (χ1v) is 7.66. The predicted molar refractivity (Wildman–Crippen MR) is 79.9 cm³/mol. The van der Waals surface area contributed by atoms with Crippen molar-refractivity contribution in [2.75, 3.05) is 37.7 Å². The first-order valence-electron chi connectivity index (χ1n) is 7.66. The molecular weight excluding hydrogens is 339 g/mol. The molecule has 0 aliphatic carbocycles. The molecule has 0 bridgehead atoms. The Kier molecular flexibility index (Phi) is 6.97. The van der Waals surface area contributed by atoms with Crippen LogP contribution in [0.4, 0.5) is 5.69 Å². The van der Waals surface area contributed by atoms with Gasteiger partial charge in [-0.2, -0.15) is 0 Å². The summed E-state index contributed by atoms with van der Waals surface area (Å²) in [4.78, 5) is 38.7. The van der Waals surface area contributed by atoms with Gasteiger partial charge in [0.05, 0.1) is 19.2 Å². The van der Waals surface area contributed by atoms with Gasteiger partial charge < -0.3 is 29.2 Å². The number of hydrogen-bond acceptors (Lipinski definition) is 6. The Morgan fingerprint density at radius 1 is 1.12 bits per heavy atom. The Balaban J connectivity index is 0.00000225. The van der Waals surface area contributed by atoms with Crippen LogP contribution in [0.3, 0.4) is 0 Å². The average molecular weight is 356 g/mol. The van der Waals surface area contributed by atoms with E-state index in [-0.39, 0.29) is 42.0 Å². The number of hydrogen-bond donors (Lipinski definition) is 0. The van der Waals surface area contributed by atoms with E-state index in [0.717, 1.165) is 0 Å². The smallest absolute Gasteiger partial charge is 0.547 e. The van der Waals surface area contributed by atoms with Crippen LogP contribution < -0.4 is 39.6 Å². The number of nitrogens with zero attached hydrogens (tertiary/aromatic N) is 2. The topological polar surface area (TPSA) is 103 Å². The third kappa shape index (κ3) is 4.80. The number of aliphatic carboxylic acids is 1. The fourth-order valence-electron chi connectivity index (χ4n) is 2.59. The molecule has 0 spiro atoms. The van der Waals surface area contributed by atoms with Gasteiger partial charge in [-0.05, 0) is 12.1 Å². The van der Waals surface area contributed by atoms with Gasteiger partial charge in [0, 0.05) is 18.8 Å². The second kappa shape index (κ2) is 8.77. The predicted octanol–water partition coefficient (Wildman–Crippen LogP) is -4.60. The molecular formula is C16H17N2NaO6. The minimum absolute atomic E-state index is 0. The number of carbonyl (C=O) groups is 3. The molecule has 0 aromatic heterocycles. The third-order valence-corrected chi connectivity index (χ3v) is 3.96. The Labute approximate surface area is 167 Å². The molecule has 1 aromatic rings. The number of carboxylic acids is 1. The Hall–Kier alpha value is -1.45. The van der Waals surface area contributed by atoms with Crippen molar-refractivity contribution in [2.45, 2.75) is 12.2 Å². The molecule has 2 aliphatic rings. The third-order valence-electron chi connectivity index (χ3n) is 3.96. The summed E-state index contributed by atoms with van der Waals surface area (Å²) in [5.74, 6) is -2.21. The summed E-state index contributed by atoms with van der Waals surface area (Å²) in [6, 6.07) is 8.62. The average Bonchev–Trinajstić information content (AvgIpc) is 3.41. The minimum Gasteiger partial charge on any atom is -0.547 e. The van der Waals surface area contributed by atoms with Crippen LogP contribution in [0, 0.1) is 0 Å². The van der Waals surface area contributed by atoms with E-state index in [0.29, 0.717) is 32.0 Å². The Morgan fingerprint density at radius 3 is 2.32 bits per heavy atom. The van der Waals surface area contributed by atoms with Crippen molar-refractivity contribution < 1.29 is 58.5 Å². The summed E-state index contributed by atoms with van der Waals surface area (Å²) in [6.07, 6.45) is -2.35. The maximum absolute atomic E-state index is 12.6. The van der Waals surface area contributed by atoms with E-state index in [2.05, 4.69) is 0 Å². The van der Waals surface area contributed by atoms with Crippen molar-refractivity contribution in [3.8, 4) is 0 Å². The van der Waals surface area contributed by atoms with Crippen LogP contribution in [0.15, 0.2) is 30.3 Å². The molecule has 2 amide bonds. The number of epoxide rings is 1. The zero-order chi connectivity index (χ0) is 17.1. The number of anilines is 1. The number of morpholine rings is 1. The molecule has 128 valence electrons. The van der Waals surface area contributed by atoms with Crippen LogP contribution in [0.1, 0.15) is 0 Å². The molecule has 2 atom stereocenters. The van der Waals surface area contributed by atoms with Crippen molar-refractivity contribution in [1.29, 1.82) is 0 Å². The summed E-state index contributed by atoms with van der Waals surface area (Å²) in [5.41, 5.74) is 0.511. The van der Waals surface area contributed by atoms with Crippen LogP contribution in [0.25, 0.3) is 0 Å². The van der Waals surface area contributed by atoms with Crippen molar-refractivity contribution >= 4 is 23.5 Å². The minimum atomic E-state index is -1.43. The number of para-hydroxylation sites is 1. The first kappa shape index (κ1) is 19.9. The van der Waals surface area contributed by atoms with Gasteiger partial charge in [0.2, 0.25) is 5.91 Å². The number of ether oxygens (including phenoxy) is 2. The maximum Gasteiger partial charge on any atom is 1.00 e. The molecule has 2 aliphatic heterocycles. The standard InChI is InChI=1S/C16H18N2O6.Na/c19-12(17-6-8-23-9-7-17)10-18(11-4-2-1-3-5-11)15(20)13-14(24-13)16(21)22;/h1-5,13-14H,6-10H2,(H,21,22);/q;+1/p-1/t13-,14-;/m0./s1. The van der Waals surface area contributed by atoms with Gasteiger partial charge in [0.1, 0.15) is 12.6 Å². The quantitative estimate of drug-likeness (QED) is 0.389. The zero-order valence-corrected chi connectivity index (χ0v) is 15.9. The van der Waals surface area contributed by atoms with Crippen molar-refractivity contribution in [1.82, 2.24) is 4.90 Å². The number of carboxylic acid groups (broad SMARTS) is 1. The zero-order valence-electron chi connectivity index (χ0n) is 13.9. The van der Waals surface area contributed by atoms with E-state index >= 15 is 0 Å². The number of amides is 2. The van der Waals surface area contributed by atoms with Crippen molar-refractivity contribution in [2.24, 2.45) is 0 Å². The monoisotopic (exact) mass is 356 g/mol. The summed E-state index contributed by atoms with van der Waals surface area (Å²) >= 11 is 0. The van der Waals surface area contributed by atoms with Crippen LogP contribution in [0.5, 0.6) is 0 Å². The van der Waals surface area contributed by atoms with E-state index < -0.39 is 24.1 Å². The van der Waals surface area contributed by atoms with Crippen LogP contribution in [0.2, 0.25) is 0 Å². The molecule has 0 radical (unpaired) electrons. The molecule has 0 N–H and O–H groups in total. The molecule has 0 unspecified atom stereocenters. The molecule has 3 rings (SSSR count). The molecule has 0 saturated carbocycles. The van der Waals surface area contributed by atoms with Gasteiger partial charge in [-0.25, -0.2) is 0 Å². The Bertz CT molecular complexity index is 635. The molecule has 25 heavy (non-hydrogen) atoms. The SMILES string of the molecule is O=C([O-])[C@H]1O[C@@H]1C(=O)N(CC(=O)N1CCOCC1)c1ccccc1.[Na+]. The number of benzene rings is 1. The second-order valence-corrected chi connectivity index (χ2v) is 5.55. The van der Waals surface area contributed by atoms with Gasteiger partial charge in [-0.3, -0.25) is 9.59 Å². The molecule has 2 saturated heterocycles. The number of rotatable bonds is 5. The summed E-state index contributed by atoms with van der Waals surface area (Å²) in [7, 11) is 0. The molecule has 9 heteroatoms. The van der Waals surface area contributed by atoms with Crippen molar-refractivity contribution in [3.05, 3.63) is 30.3 Å². The molecule has 2 fully saturated rings. The fourth-order valence-corrected chi connectivity index (χ4v) is 2.59. The van der Waals surface area contributed by atoms with E-state index in [9.17, 15) is 19.5 Å². The van der Waals surface area contributed by atoms with Gasteiger partial charge in [-0.15, -0.1) is 0 Å². The molecule has 8 nitrogen and oxygen atoms in total. The second-order valence-electron chi connectivity index (χ2n) is 5.55. The van der Waals surface area contributed by atoms with Gasteiger partial charge in [-0.1, -0.05) is 18.2 Å². The van der Waals surface area contributed by atoms with Crippen molar-refractivity contribution in [3.63, 3.8) is 0 Å². The van der Waals surface area contributed by atoms with Crippen LogP contribution in [-0.2, 0) is 23.9 Å². The largest absolute Gasteiger partial charge is 1.00 e. The normalized spacial score (nSPS) is 21.8. The fraction of sp³-hybridized carbons (Fsp3) is 0.438. The number of carbonyl (C=O) groups excluding carboxylic acids is 3. The molecule has 2 heterocycles. The summed E-state index contributed by atoms with van der Waals surface area (Å²) < 4.78 is 10.1. The summed E-state index contributed by atoms with van der Waals surface area (Å²) in [5, 5.41) is 10.8. The van der Waals surface area contributed by atoms with E-state index in [4.69, 9.17) is 9.47 Å². The first-order chi connectivity index (χ1) is 11.6. The van der Waals surface area contributed by atoms with E-state index in [1.54, 1.807) is 35.2 Å². The van der Waals surface area contributed by atoms with Gasteiger partial charge in [0.15, 0.2) is 6.10 Å². The van der Waals surface area contributed by atoms with E-state index in [1.165, 1.54) is 4.90 Å². The van der Waals surface area contributed by atoms with Crippen LogP contribution in [-0.4, -0.2) is 67.7 Å². The molecule has 1 aromatic carbocycles. The Morgan fingerprint density at radius 2 is 1.76 bits per heavy atom.